The Morgan fingerprint density at radius 3 is 2.69 bits per heavy atom. The van der Waals surface area contributed by atoms with Gasteiger partial charge in [-0.1, -0.05) is 6.07 Å². The van der Waals surface area contributed by atoms with Gasteiger partial charge < -0.3 is 21.0 Å². The van der Waals surface area contributed by atoms with Crippen molar-refractivity contribution in [2.75, 3.05) is 11.1 Å². The Bertz CT molecular complexity index is 1340. The summed E-state index contributed by atoms with van der Waals surface area (Å²) in [7, 11) is 0. The Labute approximate surface area is 168 Å². The summed E-state index contributed by atoms with van der Waals surface area (Å²) in [5.41, 5.74) is 13.4. The molecule has 2 aromatic carbocycles. The topological polar surface area (TPSA) is 95.4 Å². The first-order valence-electron chi connectivity index (χ1n) is 9.60. The molecule has 6 nitrogen and oxygen atoms in total. The number of nitrogen functional groups attached to an aromatic ring is 1. The lowest BCUT2D eigenvalue weighted by Crippen LogP contribution is -2.08. The molecule has 0 aliphatic carbocycles. The van der Waals surface area contributed by atoms with Crippen LogP contribution in [0.5, 0.6) is 0 Å². The number of nitrogens with zero attached hydrogens (tertiary/aromatic N) is 2. The molecular formula is C23H22N6. The quantitative estimate of drug-likeness (QED) is 0.353. The Morgan fingerprint density at radius 1 is 0.931 bits per heavy atom. The highest BCUT2D eigenvalue weighted by molar-refractivity contribution is 5.85. The van der Waals surface area contributed by atoms with Gasteiger partial charge in [-0.3, -0.25) is 0 Å². The van der Waals surface area contributed by atoms with Crippen molar-refractivity contribution in [3.05, 3.63) is 77.2 Å². The average Bonchev–Trinajstić information content (AvgIpc) is 3.29. The predicted octanol–water partition coefficient (Wildman–Crippen LogP) is 4.97. The van der Waals surface area contributed by atoms with E-state index in [2.05, 4.69) is 74.6 Å². The summed E-state index contributed by atoms with van der Waals surface area (Å²) in [4.78, 5) is 15.5. The Hall–Kier alpha value is -3.80. The van der Waals surface area contributed by atoms with E-state index in [0.29, 0.717) is 0 Å². The van der Waals surface area contributed by atoms with E-state index in [1.54, 1.807) is 0 Å². The fourth-order valence-corrected chi connectivity index (χ4v) is 3.84. The normalized spacial score (nSPS) is 11.4. The van der Waals surface area contributed by atoms with Crippen molar-refractivity contribution in [1.82, 2.24) is 19.9 Å². The van der Waals surface area contributed by atoms with Crippen LogP contribution >= 0.6 is 0 Å². The molecule has 0 aliphatic rings. The maximum Gasteiger partial charge on any atom is 0.222 e. The van der Waals surface area contributed by atoms with Crippen molar-refractivity contribution in [3.63, 3.8) is 0 Å². The molecule has 0 fully saturated rings. The van der Waals surface area contributed by atoms with Crippen LogP contribution in [0, 0.1) is 13.8 Å². The molecule has 0 unspecified atom stereocenters. The second-order valence-electron chi connectivity index (χ2n) is 7.45. The Morgan fingerprint density at radius 2 is 1.79 bits per heavy atom. The van der Waals surface area contributed by atoms with Gasteiger partial charge in [0.25, 0.3) is 0 Å². The van der Waals surface area contributed by atoms with Crippen molar-refractivity contribution in [1.29, 1.82) is 0 Å². The minimum Gasteiger partial charge on any atom is -0.368 e. The average molecular weight is 382 g/mol. The number of anilines is 3. The van der Waals surface area contributed by atoms with Gasteiger partial charge in [0, 0.05) is 51.7 Å². The van der Waals surface area contributed by atoms with Gasteiger partial charge >= 0.3 is 0 Å². The third-order valence-corrected chi connectivity index (χ3v) is 5.25. The summed E-state index contributed by atoms with van der Waals surface area (Å²) in [6.45, 7) is 4.03. The van der Waals surface area contributed by atoms with E-state index in [9.17, 15) is 0 Å². The molecule has 0 aliphatic heterocycles. The third-order valence-electron chi connectivity index (χ3n) is 5.25. The van der Waals surface area contributed by atoms with Crippen molar-refractivity contribution in [3.8, 4) is 0 Å². The van der Waals surface area contributed by atoms with Crippen LogP contribution in [0.3, 0.4) is 0 Å². The second-order valence-corrected chi connectivity index (χ2v) is 7.45. The molecule has 0 atom stereocenters. The largest absolute Gasteiger partial charge is 0.368 e. The van der Waals surface area contributed by atoms with Crippen molar-refractivity contribution in [2.24, 2.45) is 0 Å². The van der Waals surface area contributed by atoms with Crippen LogP contribution in [-0.2, 0) is 6.42 Å². The van der Waals surface area contributed by atoms with E-state index in [1.807, 2.05) is 19.2 Å². The van der Waals surface area contributed by atoms with Gasteiger partial charge in [-0.2, -0.15) is 4.98 Å². The number of rotatable bonds is 4. The SMILES string of the molecule is Cc1cc2cc(Nc3nc(N)nc(C)c3Cc3ccc4[nH]ccc4c3)ccc2[nH]1. The molecule has 6 heteroatoms. The van der Waals surface area contributed by atoms with Crippen molar-refractivity contribution < 1.29 is 0 Å². The van der Waals surface area contributed by atoms with Crippen molar-refractivity contribution in [2.45, 2.75) is 20.3 Å². The van der Waals surface area contributed by atoms with Crippen LogP contribution in [0.2, 0.25) is 0 Å². The van der Waals surface area contributed by atoms with Crippen LogP contribution in [-0.4, -0.2) is 19.9 Å². The first-order chi connectivity index (χ1) is 14.0. The summed E-state index contributed by atoms with van der Waals surface area (Å²) >= 11 is 0. The highest BCUT2D eigenvalue weighted by Gasteiger charge is 2.13. The fourth-order valence-electron chi connectivity index (χ4n) is 3.84. The maximum atomic E-state index is 5.96. The van der Waals surface area contributed by atoms with Crippen LogP contribution in [0.1, 0.15) is 22.5 Å². The molecule has 5 N–H and O–H groups in total. The molecule has 29 heavy (non-hydrogen) atoms. The zero-order chi connectivity index (χ0) is 20.0. The van der Waals surface area contributed by atoms with Gasteiger partial charge in [0.2, 0.25) is 5.95 Å². The molecule has 3 heterocycles. The summed E-state index contributed by atoms with van der Waals surface area (Å²) < 4.78 is 0. The van der Waals surface area contributed by atoms with Gasteiger partial charge in [-0.25, -0.2) is 4.98 Å². The number of nitrogens with two attached hydrogens (primary N) is 1. The molecule has 0 radical (unpaired) electrons. The number of aryl methyl sites for hydroxylation is 2. The number of nitrogens with one attached hydrogen (secondary N) is 3. The molecule has 3 aromatic heterocycles. The Kier molecular flexibility index (Phi) is 3.98. The van der Waals surface area contributed by atoms with Gasteiger partial charge in [0.1, 0.15) is 5.82 Å². The lowest BCUT2D eigenvalue weighted by atomic mass is 10.0. The number of aromatic nitrogens is 4. The van der Waals surface area contributed by atoms with E-state index in [-0.39, 0.29) is 5.95 Å². The highest BCUT2D eigenvalue weighted by Crippen LogP contribution is 2.27. The van der Waals surface area contributed by atoms with Gasteiger partial charge in [-0.15, -0.1) is 0 Å². The lowest BCUT2D eigenvalue weighted by Gasteiger charge is -2.14. The van der Waals surface area contributed by atoms with Crippen LogP contribution in [0.15, 0.2) is 54.7 Å². The third kappa shape index (κ3) is 3.29. The van der Waals surface area contributed by atoms with Crippen LogP contribution in [0.25, 0.3) is 21.8 Å². The summed E-state index contributed by atoms with van der Waals surface area (Å²) in [5, 5.41) is 5.81. The maximum absolute atomic E-state index is 5.96. The molecule has 5 rings (SSSR count). The first kappa shape index (κ1) is 17.3. The number of fused-ring (bicyclic) bond motifs is 2. The Balaban J connectivity index is 1.52. The van der Waals surface area contributed by atoms with Gasteiger partial charge in [-0.05, 0) is 67.3 Å². The zero-order valence-electron chi connectivity index (χ0n) is 16.4. The molecule has 0 spiro atoms. The van der Waals surface area contributed by atoms with E-state index in [4.69, 9.17) is 5.73 Å². The first-order valence-corrected chi connectivity index (χ1v) is 9.60. The molecule has 0 saturated heterocycles. The van der Waals surface area contributed by atoms with Gasteiger partial charge in [0.15, 0.2) is 0 Å². The monoisotopic (exact) mass is 382 g/mol. The minimum atomic E-state index is 0.272. The summed E-state index contributed by atoms with van der Waals surface area (Å²) in [6, 6.07) is 16.9. The fraction of sp³-hybridized carbons (Fsp3) is 0.130. The second kappa shape index (κ2) is 6.67. The van der Waals surface area contributed by atoms with Crippen molar-refractivity contribution >= 4 is 39.3 Å². The van der Waals surface area contributed by atoms with E-state index in [1.165, 1.54) is 10.9 Å². The molecule has 144 valence electrons. The number of benzene rings is 2. The molecule has 0 bridgehead atoms. The standard InChI is InChI=1S/C23H22N6/c1-13-9-17-12-18(4-6-21(17)26-13)28-22-19(14(2)27-23(24)29-22)11-15-3-5-20-16(10-15)7-8-25-20/h3-10,12,25-26H,11H2,1-2H3,(H3,24,27,28,29). The molecule has 0 amide bonds. The number of aromatic amines is 2. The highest BCUT2D eigenvalue weighted by atomic mass is 15.1. The van der Waals surface area contributed by atoms with E-state index >= 15 is 0 Å². The molecule has 5 aromatic rings. The molecule has 0 saturated carbocycles. The summed E-state index contributed by atoms with van der Waals surface area (Å²) in [5.74, 6) is 1.02. The van der Waals surface area contributed by atoms with E-state index < -0.39 is 0 Å². The molecular weight excluding hydrogens is 360 g/mol. The number of hydrogen-bond acceptors (Lipinski definition) is 4. The van der Waals surface area contributed by atoms with Crippen LogP contribution < -0.4 is 11.1 Å². The number of H-pyrrole nitrogens is 2. The predicted molar refractivity (Wildman–Crippen MR) is 119 cm³/mol. The number of hydrogen-bond donors (Lipinski definition) is 4. The lowest BCUT2D eigenvalue weighted by molar-refractivity contribution is 1.03. The zero-order valence-corrected chi connectivity index (χ0v) is 16.4. The summed E-state index contributed by atoms with van der Waals surface area (Å²) in [6.07, 6.45) is 2.68. The van der Waals surface area contributed by atoms with E-state index in [0.717, 1.165) is 51.3 Å². The van der Waals surface area contributed by atoms with Crippen LogP contribution in [0.4, 0.5) is 17.5 Å². The van der Waals surface area contributed by atoms with Gasteiger partial charge in [0.05, 0.1) is 0 Å². The smallest absolute Gasteiger partial charge is 0.222 e. The minimum absolute atomic E-state index is 0.272.